The Morgan fingerprint density at radius 2 is 1.97 bits per heavy atom. The molecule has 3 aromatic rings. The normalized spacial score (nSPS) is 12.1. The Labute approximate surface area is 176 Å². The number of hydrogen-bond acceptors (Lipinski definition) is 4. The van der Waals surface area contributed by atoms with Crippen molar-refractivity contribution >= 4 is 27.5 Å². The van der Waals surface area contributed by atoms with Gasteiger partial charge in [-0.3, -0.25) is 0 Å². The lowest BCUT2D eigenvalue weighted by Gasteiger charge is -2.24. The first kappa shape index (κ1) is 21.1. The van der Waals surface area contributed by atoms with Crippen LogP contribution >= 0.6 is 11.3 Å². The van der Waals surface area contributed by atoms with Crippen LogP contribution in [0.25, 0.3) is 10.1 Å². The highest BCUT2D eigenvalue weighted by Gasteiger charge is 2.16. The maximum Gasteiger partial charge on any atom is 0.314 e. The van der Waals surface area contributed by atoms with Gasteiger partial charge in [0.15, 0.2) is 0 Å². The van der Waals surface area contributed by atoms with Crippen LogP contribution in [0.1, 0.15) is 11.1 Å². The molecule has 3 rings (SSSR count). The first-order valence-corrected chi connectivity index (χ1v) is 10.7. The predicted molar refractivity (Wildman–Crippen MR) is 121 cm³/mol. The number of carbonyl (C=O) groups excluding carboxylic acids is 1. The molecule has 29 heavy (non-hydrogen) atoms. The fourth-order valence-electron chi connectivity index (χ4n) is 3.30. The number of hydrogen-bond donors (Lipinski definition) is 2. The monoisotopic (exact) mass is 411 g/mol. The second-order valence-corrected chi connectivity index (χ2v) is 8.23. The third-order valence-electron chi connectivity index (χ3n) is 5.08. The molecule has 1 atom stereocenters. The third kappa shape index (κ3) is 5.95. The Morgan fingerprint density at radius 1 is 1.14 bits per heavy atom. The quantitative estimate of drug-likeness (QED) is 0.561. The lowest BCUT2D eigenvalue weighted by molar-refractivity contribution is 0.232. The van der Waals surface area contributed by atoms with Gasteiger partial charge in [-0.15, -0.1) is 11.3 Å². The molecule has 2 aromatic carbocycles. The number of likely N-dealkylation sites (N-methyl/N-ethyl adjacent to an activating group) is 1. The molecule has 1 unspecified atom stereocenters. The third-order valence-corrected chi connectivity index (χ3v) is 6.09. The van der Waals surface area contributed by atoms with Crippen molar-refractivity contribution in [2.24, 2.45) is 0 Å². The molecule has 0 saturated heterocycles. The van der Waals surface area contributed by atoms with E-state index in [9.17, 15) is 4.79 Å². The summed E-state index contributed by atoms with van der Waals surface area (Å²) in [6.07, 6.45) is 1.67. The number of methoxy groups -OCH3 is 1. The van der Waals surface area contributed by atoms with Gasteiger partial charge in [0.1, 0.15) is 5.75 Å². The average Bonchev–Trinajstić information content (AvgIpc) is 3.14. The molecule has 1 heterocycles. The second kappa shape index (κ2) is 10.3. The summed E-state index contributed by atoms with van der Waals surface area (Å²) >= 11 is 1.78. The topological polar surface area (TPSA) is 53.6 Å². The lowest BCUT2D eigenvalue weighted by atomic mass is 10.0. The van der Waals surface area contributed by atoms with Crippen molar-refractivity contribution in [3.63, 3.8) is 0 Å². The molecule has 2 amide bonds. The zero-order valence-corrected chi connectivity index (χ0v) is 18.1. The van der Waals surface area contributed by atoms with Crippen LogP contribution in [0.4, 0.5) is 4.79 Å². The Hall–Kier alpha value is -2.57. The molecule has 6 heteroatoms. The van der Waals surface area contributed by atoms with Crippen molar-refractivity contribution in [2.45, 2.75) is 18.9 Å². The Morgan fingerprint density at radius 3 is 2.76 bits per heavy atom. The summed E-state index contributed by atoms with van der Waals surface area (Å²) in [5.74, 6) is 0.835. The van der Waals surface area contributed by atoms with E-state index in [1.807, 2.05) is 24.3 Å². The maximum atomic E-state index is 12.2. The molecule has 0 aliphatic heterocycles. The number of nitrogens with zero attached hydrogens (tertiary/aromatic N) is 1. The summed E-state index contributed by atoms with van der Waals surface area (Å²) in [6.45, 7) is 1.18. The van der Waals surface area contributed by atoms with Gasteiger partial charge in [0.2, 0.25) is 0 Å². The molecule has 5 nitrogen and oxygen atoms in total. The number of carbonyl (C=O) groups is 1. The Kier molecular flexibility index (Phi) is 7.49. The van der Waals surface area contributed by atoms with Crippen LogP contribution in [-0.2, 0) is 12.8 Å². The van der Waals surface area contributed by atoms with Crippen LogP contribution in [0, 0.1) is 0 Å². The van der Waals surface area contributed by atoms with Gasteiger partial charge in [-0.1, -0.05) is 30.3 Å². The Bertz CT molecular complexity index is 939. The van der Waals surface area contributed by atoms with Crippen LogP contribution in [-0.4, -0.2) is 51.3 Å². The van der Waals surface area contributed by atoms with Crippen LogP contribution in [0.15, 0.2) is 53.9 Å². The number of amides is 2. The second-order valence-electron chi connectivity index (χ2n) is 7.32. The molecule has 0 aliphatic rings. The largest absolute Gasteiger partial charge is 0.497 e. The van der Waals surface area contributed by atoms with E-state index in [0.29, 0.717) is 13.1 Å². The summed E-state index contributed by atoms with van der Waals surface area (Å²) in [5, 5.41) is 9.51. The fraction of sp³-hybridized carbons (Fsp3) is 0.348. The zero-order valence-electron chi connectivity index (χ0n) is 17.3. The van der Waals surface area contributed by atoms with Crippen molar-refractivity contribution in [1.82, 2.24) is 15.5 Å². The first-order valence-electron chi connectivity index (χ1n) is 9.83. The number of benzene rings is 2. The van der Waals surface area contributed by atoms with Gasteiger partial charge in [0.05, 0.1) is 7.11 Å². The van der Waals surface area contributed by atoms with E-state index in [1.165, 1.54) is 15.6 Å². The summed E-state index contributed by atoms with van der Waals surface area (Å²) < 4.78 is 6.54. The highest BCUT2D eigenvalue weighted by atomic mass is 32.1. The molecular weight excluding hydrogens is 382 g/mol. The van der Waals surface area contributed by atoms with Crippen LogP contribution < -0.4 is 15.4 Å². The smallest absolute Gasteiger partial charge is 0.314 e. The summed E-state index contributed by atoms with van der Waals surface area (Å²) in [6, 6.07) is 16.5. The van der Waals surface area contributed by atoms with E-state index in [4.69, 9.17) is 4.74 Å². The van der Waals surface area contributed by atoms with E-state index in [1.54, 1.807) is 18.4 Å². The number of ether oxygens (including phenoxy) is 1. The van der Waals surface area contributed by atoms with Crippen LogP contribution in [0.3, 0.4) is 0 Å². The van der Waals surface area contributed by atoms with E-state index in [2.05, 4.69) is 59.3 Å². The molecule has 0 radical (unpaired) electrons. The number of urea groups is 1. The van der Waals surface area contributed by atoms with Gasteiger partial charge in [0, 0.05) is 23.8 Å². The van der Waals surface area contributed by atoms with E-state index in [-0.39, 0.29) is 12.1 Å². The van der Waals surface area contributed by atoms with Crippen LogP contribution in [0.5, 0.6) is 5.75 Å². The molecule has 0 spiro atoms. The summed E-state index contributed by atoms with van der Waals surface area (Å²) in [5.41, 5.74) is 2.48. The SMILES string of the molecule is COc1cccc(CCNC(=O)NCC(Cc2csc3ccccc23)N(C)C)c1. The molecule has 2 N–H and O–H groups in total. The maximum absolute atomic E-state index is 12.2. The van der Waals surface area contributed by atoms with E-state index >= 15 is 0 Å². The van der Waals surface area contributed by atoms with Gasteiger partial charge in [-0.05, 0) is 67.0 Å². The van der Waals surface area contributed by atoms with Gasteiger partial charge in [-0.2, -0.15) is 0 Å². The van der Waals surface area contributed by atoms with Gasteiger partial charge < -0.3 is 20.3 Å². The van der Waals surface area contributed by atoms with Crippen LogP contribution in [0.2, 0.25) is 0 Å². The Balaban J connectivity index is 1.47. The molecule has 0 saturated carbocycles. The fourth-order valence-corrected chi connectivity index (χ4v) is 4.28. The van der Waals surface area contributed by atoms with Gasteiger partial charge in [-0.25, -0.2) is 4.79 Å². The zero-order chi connectivity index (χ0) is 20.6. The lowest BCUT2D eigenvalue weighted by Crippen LogP contribution is -2.45. The molecule has 0 fully saturated rings. The van der Waals surface area contributed by atoms with Crippen molar-refractivity contribution < 1.29 is 9.53 Å². The predicted octanol–water partition coefficient (Wildman–Crippen LogP) is 3.92. The van der Waals surface area contributed by atoms with Gasteiger partial charge >= 0.3 is 6.03 Å². The molecule has 154 valence electrons. The number of nitrogens with one attached hydrogen (secondary N) is 2. The standard InChI is InChI=1S/C23H29N3O2S/c1-26(2)19(14-18-16-29-22-10-5-4-9-21(18)22)15-25-23(27)24-12-11-17-7-6-8-20(13-17)28-3/h4-10,13,16,19H,11-12,14-15H2,1-3H3,(H2,24,25,27). The first-order chi connectivity index (χ1) is 14.1. The molecule has 1 aromatic heterocycles. The average molecular weight is 412 g/mol. The van der Waals surface area contributed by atoms with Crippen molar-refractivity contribution in [3.8, 4) is 5.75 Å². The number of fused-ring (bicyclic) bond motifs is 1. The van der Waals surface area contributed by atoms with Crippen molar-refractivity contribution in [2.75, 3.05) is 34.3 Å². The minimum Gasteiger partial charge on any atom is -0.497 e. The molecule has 0 aliphatic carbocycles. The number of thiophene rings is 1. The number of rotatable bonds is 9. The van der Waals surface area contributed by atoms with E-state index < -0.39 is 0 Å². The summed E-state index contributed by atoms with van der Waals surface area (Å²) in [7, 11) is 5.77. The highest BCUT2D eigenvalue weighted by molar-refractivity contribution is 7.17. The molecular formula is C23H29N3O2S. The van der Waals surface area contributed by atoms with Crippen molar-refractivity contribution in [3.05, 3.63) is 65.0 Å². The highest BCUT2D eigenvalue weighted by Crippen LogP contribution is 2.27. The van der Waals surface area contributed by atoms with Gasteiger partial charge in [0.25, 0.3) is 0 Å². The van der Waals surface area contributed by atoms with Crippen molar-refractivity contribution in [1.29, 1.82) is 0 Å². The summed E-state index contributed by atoms with van der Waals surface area (Å²) in [4.78, 5) is 14.4. The minimum absolute atomic E-state index is 0.130. The minimum atomic E-state index is -0.130. The van der Waals surface area contributed by atoms with E-state index in [0.717, 1.165) is 24.2 Å². The molecule has 0 bridgehead atoms.